The molecular weight excluding hydrogens is 340 g/mol. The summed E-state index contributed by atoms with van der Waals surface area (Å²) in [5.74, 6) is 1.48. The van der Waals surface area contributed by atoms with E-state index in [4.69, 9.17) is 4.74 Å². The summed E-state index contributed by atoms with van der Waals surface area (Å²) in [5.41, 5.74) is 2.18. The largest absolute Gasteiger partial charge is 0.484 e. The first-order valence-corrected chi connectivity index (χ1v) is 8.81. The topological polar surface area (TPSA) is 67.4 Å². The molecular formula is C21H22N4O2. The van der Waals surface area contributed by atoms with Gasteiger partial charge < -0.3 is 15.0 Å². The molecule has 0 aliphatic rings. The van der Waals surface area contributed by atoms with Crippen LogP contribution in [0.5, 0.6) is 5.75 Å². The van der Waals surface area contributed by atoms with Crippen molar-refractivity contribution in [3.63, 3.8) is 0 Å². The number of aromatic nitrogens is 2. The molecule has 0 spiro atoms. The third-order valence-corrected chi connectivity index (χ3v) is 3.97. The van der Waals surface area contributed by atoms with Gasteiger partial charge in [-0.25, -0.2) is 0 Å². The minimum atomic E-state index is -0.284. The van der Waals surface area contributed by atoms with Gasteiger partial charge in [0, 0.05) is 12.2 Å². The van der Waals surface area contributed by atoms with Crippen LogP contribution in [-0.2, 0) is 4.79 Å². The van der Waals surface area contributed by atoms with Gasteiger partial charge in [-0.05, 0) is 50.2 Å². The standard InChI is InChI=1S/C21H22N4O2/c1-3-25(17-7-5-4-6-8-17)20-14-13-19(23-24-20)22-21(26)15-27-18-11-9-16(2)10-12-18/h4-14H,3,15H2,1-2H3,(H,22,23,26). The molecule has 1 heterocycles. The minimum Gasteiger partial charge on any atom is -0.484 e. The van der Waals surface area contributed by atoms with Gasteiger partial charge in [-0.2, -0.15) is 0 Å². The van der Waals surface area contributed by atoms with Crippen LogP contribution in [0.2, 0.25) is 0 Å². The lowest BCUT2D eigenvalue weighted by Gasteiger charge is -2.21. The Morgan fingerprint density at radius 1 is 1.00 bits per heavy atom. The van der Waals surface area contributed by atoms with Gasteiger partial charge in [0.05, 0.1) is 0 Å². The third-order valence-electron chi connectivity index (χ3n) is 3.97. The molecule has 1 amide bonds. The highest BCUT2D eigenvalue weighted by Gasteiger charge is 2.10. The summed E-state index contributed by atoms with van der Waals surface area (Å²) >= 11 is 0. The summed E-state index contributed by atoms with van der Waals surface area (Å²) < 4.78 is 5.46. The molecule has 6 heteroatoms. The Kier molecular flexibility index (Phi) is 5.99. The van der Waals surface area contributed by atoms with Gasteiger partial charge in [-0.15, -0.1) is 10.2 Å². The summed E-state index contributed by atoms with van der Waals surface area (Å²) in [5, 5.41) is 11.0. The van der Waals surface area contributed by atoms with Gasteiger partial charge in [-0.3, -0.25) is 4.79 Å². The quantitative estimate of drug-likeness (QED) is 0.689. The van der Waals surface area contributed by atoms with Crippen molar-refractivity contribution in [1.29, 1.82) is 0 Å². The van der Waals surface area contributed by atoms with Gasteiger partial charge >= 0.3 is 0 Å². The van der Waals surface area contributed by atoms with E-state index in [1.165, 1.54) is 0 Å². The van der Waals surface area contributed by atoms with Gasteiger partial charge in [0.25, 0.3) is 5.91 Å². The fraction of sp³-hybridized carbons (Fsp3) is 0.190. The smallest absolute Gasteiger partial charge is 0.263 e. The van der Waals surface area contributed by atoms with E-state index in [1.807, 2.05) is 79.4 Å². The number of carbonyl (C=O) groups excluding carboxylic acids is 1. The number of rotatable bonds is 7. The Labute approximate surface area is 158 Å². The van der Waals surface area contributed by atoms with Crippen molar-refractivity contribution in [2.24, 2.45) is 0 Å². The Bertz CT molecular complexity index is 865. The highest BCUT2D eigenvalue weighted by Crippen LogP contribution is 2.22. The lowest BCUT2D eigenvalue weighted by molar-refractivity contribution is -0.118. The summed E-state index contributed by atoms with van der Waals surface area (Å²) in [7, 11) is 0. The SMILES string of the molecule is CCN(c1ccccc1)c1ccc(NC(=O)COc2ccc(C)cc2)nn1. The van der Waals surface area contributed by atoms with E-state index in [-0.39, 0.29) is 12.5 Å². The number of hydrogen-bond acceptors (Lipinski definition) is 5. The van der Waals surface area contributed by atoms with Gasteiger partial charge in [-0.1, -0.05) is 35.9 Å². The first kappa shape index (κ1) is 18.4. The van der Waals surface area contributed by atoms with Crippen LogP contribution >= 0.6 is 0 Å². The molecule has 0 fully saturated rings. The molecule has 2 aromatic carbocycles. The van der Waals surface area contributed by atoms with E-state index < -0.39 is 0 Å². The van der Waals surface area contributed by atoms with Crippen LogP contribution in [0.25, 0.3) is 0 Å². The molecule has 138 valence electrons. The minimum absolute atomic E-state index is 0.0857. The molecule has 6 nitrogen and oxygen atoms in total. The predicted octanol–water partition coefficient (Wildman–Crippen LogP) is 3.96. The second-order valence-electron chi connectivity index (χ2n) is 6.01. The van der Waals surface area contributed by atoms with Crippen molar-refractivity contribution in [3.05, 3.63) is 72.3 Å². The molecule has 0 unspecified atom stereocenters. The molecule has 1 N–H and O–H groups in total. The normalized spacial score (nSPS) is 10.3. The zero-order chi connectivity index (χ0) is 19.1. The maximum absolute atomic E-state index is 12.0. The van der Waals surface area contributed by atoms with Crippen molar-refractivity contribution < 1.29 is 9.53 Å². The molecule has 0 aliphatic carbocycles. The van der Waals surface area contributed by atoms with Gasteiger partial charge in [0.2, 0.25) is 0 Å². The molecule has 27 heavy (non-hydrogen) atoms. The molecule has 0 aliphatic heterocycles. The summed E-state index contributed by atoms with van der Waals surface area (Å²) in [4.78, 5) is 14.1. The second kappa shape index (κ2) is 8.80. The van der Waals surface area contributed by atoms with Crippen LogP contribution in [0.1, 0.15) is 12.5 Å². The monoisotopic (exact) mass is 362 g/mol. The first-order valence-electron chi connectivity index (χ1n) is 8.81. The summed E-state index contributed by atoms with van der Waals surface area (Å²) in [6.45, 7) is 4.72. The van der Waals surface area contributed by atoms with Crippen molar-refractivity contribution in [2.75, 3.05) is 23.4 Å². The van der Waals surface area contributed by atoms with Crippen molar-refractivity contribution in [2.45, 2.75) is 13.8 Å². The van der Waals surface area contributed by atoms with Crippen molar-refractivity contribution in [1.82, 2.24) is 10.2 Å². The zero-order valence-electron chi connectivity index (χ0n) is 15.4. The molecule has 3 aromatic rings. The Morgan fingerprint density at radius 3 is 2.37 bits per heavy atom. The van der Waals surface area contributed by atoms with E-state index in [2.05, 4.69) is 15.5 Å². The highest BCUT2D eigenvalue weighted by atomic mass is 16.5. The fourth-order valence-corrected chi connectivity index (χ4v) is 2.58. The lowest BCUT2D eigenvalue weighted by Crippen LogP contribution is -2.22. The van der Waals surface area contributed by atoms with E-state index in [9.17, 15) is 4.79 Å². The number of amides is 1. The van der Waals surface area contributed by atoms with Crippen LogP contribution in [0.4, 0.5) is 17.3 Å². The molecule has 0 saturated carbocycles. The Hall–Kier alpha value is -3.41. The molecule has 0 radical (unpaired) electrons. The number of anilines is 3. The lowest BCUT2D eigenvalue weighted by atomic mass is 10.2. The van der Waals surface area contributed by atoms with E-state index in [0.717, 1.165) is 23.6 Å². The van der Waals surface area contributed by atoms with Crippen LogP contribution < -0.4 is 15.0 Å². The number of benzene rings is 2. The van der Waals surface area contributed by atoms with Gasteiger partial charge in [0.1, 0.15) is 5.75 Å². The number of hydrogen-bond donors (Lipinski definition) is 1. The van der Waals surface area contributed by atoms with E-state index in [0.29, 0.717) is 11.6 Å². The number of para-hydroxylation sites is 1. The molecule has 0 saturated heterocycles. The molecule has 1 aromatic heterocycles. The maximum Gasteiger partial charge on any atom is 0.263 e. The van der Waals surface area contributed by atoms with E-state index in [1.54, 1.807) is 6.07 Å². The number of aryl methyl sites for hydroxylation is 1. The van der Waals surface area contributed by atoms with Crippen molar-refractivity contribution in [3.8, 4) is 5.75 Å². The summed E-state index contributed by atoms with van der Waals surface area (Å²) in [6.07, 6.45) is 0. The Balaban J connectivity index is 1.58. The highest BCUT2D eigenvalue weighted by molar-refractivity contribution is 5.90. The second-order valence-corrected chi connectivity index (χ2v) is 6.01. The van der Waals surface area contributed by atoms with Crippen LogP contribution in [0.3, 0.4) is 0 Å². The molecule has 0 atom stereocenters. The predicted molar refractivity (Wildman–Crippen MR) is 106 cm³/mol. The third kappa shape index (κ3) is 5.04. The first-order chi connectivity index (χ1) is 13.2. The number of ether oxygens (including phenoxy) is 1. The zero-order valence-corrected chi connectivity index (χ0v) is 15.4. The fourth-order valence-electron chi connectivity index (χ4n) is 2.58. The average Bonchev–Trinajstić information content (AvgIpc) is 2.70. The van der Waals surface area contributed by atoms with Crippen LogP contribution in [0, 0.1) is 6.92 Å². The average molecular weight is 362 g/mol. The van der Waals surface area contributed by atoms with Gasteiger partial charge in [0.15, 0.2) is 18.2 Å². The number of nitrogens with one attached hydrogen (secondary N) is 1. The Morgan fingerprint density at radius 2 is 1.74 bits per heavy atom. The summed E-state index contributed by atoms with van der Waals surface area (Å²) in [6, 6.07) is 21.1. The van der Waals surface area contributed by atoms with Crippen LogP contribution in [0.15, 0.2) is 66.7 Å². The van der Waals surface area contributed by atoms with Crippen LogP contribution in [-0.4, -0.2) is 29.3 Å². The van der Waals surface area contributed by atoms with E-state index >= 15 is 0 Å². The molecule has 0 bridgehead atoms. The number of nitrogens with zero attached hydrogens (tertiary/aromatic N) is 3. The maximum atomic E-state index is 12.0. The molecule has 3 rings (SSSR count). The number of carbonyl (C=O) groups is 1. The van der Waals surface area contributed by atoms with Crippen molar-refractivity contribution >= 4 is 23.2 Å².